The van der Waals surface area contributed by atoms with Crippen LogP contribution >= 0.6 is 0 Å². The predicted octanol–water partition coefficient (Wildman–Crippen LogP) is 2.44. The zero-order chi connectivity index (χ0) is 16.9. The number of halogens is 3. The molecule has 23 heavy (non-hydrogen) atoms. The molecule has 0 unspecified atom stereocenters. The maximum atomic E-state index is 12.1. The molecule has 0 saturated heterocycles. The Balaban J connectivity index is 2.20. The van der Waals surface area contributed by atoms with Crippen LogP contribution in [0.15, 0.2) is 18.5 Å². The van der Waals surface area contributed by atoms with Gasteiger partial charge in [-0.25, -0.2) is 9.97 Å². The van der Waals surface area contributed by atoms with Crippen LogP contribution in [0.25, 0.3) is 16.9 Å². The fourth-order valence-electron chi connectivity index (χ4n) is 1.93. The summed E-state index contributed by atoms with van der Waals surface area (Å²) in [6.07, 6.45) is 0.0342. The van der Waals surface area contributed by atoms with Crippen molar-refractivity contribution in [3.8, 4) is 5.88 Å². The van der Waals surface area contributed by atoms with Crippen LogP contribution in [0.2, 0.25) is 0 Å². The van der Waals surface area contributed by atoms with Crippen LogP contribution in [0.5, 0.6) is 5.88 Å². The molecule has 2 aromatic rings. The van der Waals surface area contributed by atoms with Crippen molar-refractivity contribution in [1.29, 1.82) is 0 Å². The fraction of sp³-hybridized carbons (Fsp3) is 0.357. The molecule has 0 aliphatic heterocycles. The number of carbonyl (C=O) groups is 1. The molecule has 0 saturated carbocycles. The average Bonchev–Trinajstić information content (AvgIpc) is 2.90. The van der Waals surface area contributed by atoms with E-state index in [0.717, 1.165) is 6.29 Å². The number of allylic oxidation sites excluding steroid dienone is 1. The van der Waals surface area contributed by atoms with Gasteiger partial charge >= 0.3 is 6.18 Å². The number of aromatic nitrogens is 3. The van der Waals surface area contributed by atoms with Crippen molar-refractivity contribution in [2.24, 2.45) is 0 Å². The molecule has 0 atom stereocenters. The summed E-state index contributed by atoms with van der Waals surface area (Å²) < 4.78 is 41.4. The van der Waals surface area contributed by atoms with Crippen molar-refractivity contribution in [2.75, 3.05) is 13.2 Å². The molecule has 0 aliphatic rings. The molecule has 124 valence electrons. The second-order valence-corrected chi connectivity index (χ2v) is 4.57. The summed E-state index contributed by atoms with van der Waals surface area (Å²) in [5.74, 6) is 0.00782. The van der Waals surface area contributed by atoms with Gasteiger partial charge in [0.05, 0.1) is 25.8 Å². The van der Waals surface area contributed by atoms with Crippen LogP contribution in [0.3, 0.4) is 0 Å². The Labute approximate surface area is 129 Å². The van der Waals surface area contributed by atoms with Gasteiger partial charge < -0.3 is 19.8 Å². The number of fused-ring (bicyclic) bond motifs is 1. The van der Waals surface area contributed by atoms with E-state index in [0.29, 0.717) is 22.4 Å². The lowest BCUT2D eigenvalue weighted by molar-refractivity contribution is -0.139. The van der Waals surface area contributed by atoms with Gasteiger partial charge in [-0.3, -0.25) is 0 Å². The Morgan fingerprint density at radius 2 is 2.26 bits per heavy atom. The van der Waals surface area contributed by atoms with Crippen molar-refractivity contribution in [3.63, 3.8) is 0 Å². The maximum absolute atomic E-state index is 12.1. The van der Waals surface area contributed by atoms with Crippen LogP contribution in [0.1, 0.15) is 18.9 Å². The minimum absolute atomic E-state index is 0.00782. The minimum Gasteiger partial charge on any atom is -0.476 e. The van der Waals surface area contributed by atoms with E-state index in [1.807, 2.05) is 0 Å². The summed E-state index contributed by atoms with van der Waals surface area (Å²) in [6, 6.07) is 0. The quantitative estimate of drug-likeness (QED) is 0.763. The smallest absolute Gasteiger partial charge is 0.392 e. The topological polar surface area (TPSA) is 79.9 Å². The zero-order valence-corrected chi connectivity index (χ0v) is 12.3. The number of nitrogens with zero attached hydrogens (tertiary/aromatic N) is 2. The van der Waals surface area contributed by atoms with Gasteiger partial charge in [0.15, 0.2) is 5.65 Å². The molecular formula is C14H15F3N4O2. The van der Waals surface area contributed by atoms with Crippen molar-refractivity contribution in [1.82, 2.24) is 20.3 Å². The maximum Gasteiger partial charge on any atom is 0.392 e. The van der Waals surface area contributed by atoms with Crippen LogP contribution in [-0.4, -0.2) is 40.6 Å². The predicted molar refractivity (Wildman–Crippen MR) is 77.8 cm³/mol. The largest absolute Gasteiger partial charge is 0.476 e. The van der Waals surface area contributed by atoms with Crippen molar-refractivity contribution in [3.05, 3.63) is 24.0 Å². The molecular weight excluding hydrogens is 313 g/mol. The van der Waals surface area contributed by atoms with E-state index in [-0.39, 0.29) is 12.4 Å². The second-order valence-electron chi connectivity index (χ2n) is 4.57. The Bertz CT molecular complexity index is 710. The summed E-state index contributed by atoms with van der Waals surface area (Å²) >= 11 is 0. The molecule has 2 heterocycles. The third kappa shape index (κ3) is 4.44. The average molecular weight is 328 g/mol. The van der Waals surface area contributed by atoms with E-state index < -0.39 is 19.2 Å². The van der Waals surface area contributed by atoms with Gasteiger partial charge in [-0.1, -0.05) is 6.08 Å². The van der Waals surface area contributed by atoms with E-state index in [1.165, 1.54) is 6.20 Å². The number of ether oxygens (including phenoxy) is 1. The summed E-state index contributed by atoms with van der Waals surface area (Å²) in [6.45, 7) is 1.38. The highest BCUT2D eigenvalue weighted by Crippen LogP contribution is 2.23. The van der Waals surface area contributed by atoms with Crippen LogP contribution in [-0.2, 0) is 4.79 Å². The van der Waals surface area contributed by atoms with Gasteiger partial charge in [0.2, 0.25) is 5.88 Å². The zero-order valence-electron chi connectivity index (χ0n) is 12.3. The summed E-state index contributed by atoms with van der Waals surface area (Å²) in [7, 11) is 0. The number of alkyl halides is 3. The summed E-state index contributed by atoms with van der Waals surface area (Å²) in [5.41, 5.74) is 2.22. The molecule has 6 nitrogen and oxygen atoms in total. The SMILES string of the molecule is C/C=C(/NCC=O)c1c[nH]c2ncc(OCCC(F)(F)F)nc12. The number of hydrogen-bond acceptors (Lipinski definition) is 5. The first-order valence-electron chi connectivity index (χ1n) is 6.82. The molecule has 2 aromatic heterocycles. The third-order valence-corrected chi connectivity index (χ3v) is 2.95. The van der Waals surface area contributed by atoms with Crippen LogP contribution in [0.4, 0.5) is 13.2 Å². The van der Waals surface area contributed by atoms with Gasteiger partial charge in [0, 0.05) is 17.5 Å². The first-order valence-corrected chi connectivity index (χ1v) is 6.82. The molecule has 0 aliphatic carbocycles. The van der Waals surface area contributed by atoms with Crippen molar-refractivity contribution < 1.29 is 22.7 Å². The van der Waals surface area contributed by atoms with Gasteiger partial charge in [-0.2, -0.15) is 13.2 Å². The molecule has 0 amide bonds. The molecule has 9 heteroatoms. The normalized spacial score (nSPS) is 12.4. The van der Waals surface area contributed by atoms with Crippen molar-refractivity contribution in [2.45, 2.75) is 19.5 Å². The number of H-pyrrole nitrogens is 1. The molecule has 0 fully saturated rings. The van der Waals surface area contributed by atoms with Gasteiger partial charge in [-0.15, -0.1) is 0 Å². The lowest BCUT2D eigenvalue weighted by Crippen LogP contribution is -2.14. The number of aromatic amines is 1. The van der Waals surface area contributed by atoms with Gasteiger partial charge in [-0.05, 0) is 6.92 Å². The number of nitrogens with one attached hydrogen (secondary N) is 2. The summed E-state index contributed by atoms with van der Waals surface area (Å²) in [4.78, 5) is 21.6. The Morgan fingerprint density at radius 3 is 2.91 bits per heavy atom. The molecule has 2 rings (SSSR count). The highest BCUT2D eigenvalue weighted by Gasteiger charge is 2.27. The van der Waals surface area contributed by atoms with E-state index in [2.05, 4.69) is 20.3 Å². The minimum atomic E-state index is -4.28. The second kappa shape index (κ2) is 7.12. The lowest BCUT2D eigenvalue weighted by Gasteiger charge is -2.09. The van der Waals surface area contributed by atoms with Gasteiger partial charge in [0.25, 0.3) is 0 Å². The summed E-state index contributed by atoms with van der Waals surface area (Å²) in [5, 5.41) is 2.91. The molecule has 2 N–H and O–H groups in total. The molecule has 0 spiro atoms. The Kier molecular flexibility index (Phi) is 5.20. The van der Waals surface area contributed by atoms with Gasteiger partial charge in [0.1, 0.15) is 11.8 Å². The highest BCUT2D eigenvalue weighted by molar-refractivity contribution is 5.87. The molecule has 0 bridgehead atoms. The van der Waals surface area contributed by atoms with Crippen molar-refractivity contribution >= 4 is 23.1 Å². The number of hydrogen-bond donors (Lipinski definition) is 2. The van der Waals surface area contributed by atoms with Crippen LogP contribution in [0, 0.1) is 0 Å². The first-order chi connectivity index (χ1) is 10.9. The standard InChI is InChI=1S/C14H15F3N4O2/c1-2-10(18-4-5-22)9-7-19-13-12(9)21-11(8-20-13)23-6-3-14(15,16)17/h2,5,7-8,18H,3-4,6H2,1H3,(H,19,20)/b10-2+. The lowest BCUT2D eigenvalue weighted by atomic mass is 10.2. The molecule has 0 aromatic carbocycles. The number of carbonyl (C=O) groups excluding carboxylic acids is 1. The Morgan fingerprint density at radius 1 is 1.48 bits per heavy atom. The first kappa shape index (κ1) is 16.8. The monoisotopic (exact) mass is 328 g/mol. The highest BCUT2D eigenvalue weighted by atomic mass is 19.4. The number of rotatable bonds is 7. The van der Waals surface area contributed by atoms with E-state index in [9.17, 15) is 18.0 Å². The fourth-order valence-corrected chi connectivity index (χ4v) is 1.93. The van der Waals surface area contributed by atoms with Crippen LogP contribution < -0.4 is 10.1 Å². The third-order valence-electron chi connectivity index (χ3n) is 2.95. The number of aldehydes is 1. The van der Waals surface area contributed by atoms with E-state index in [1.54, 1.807) is 19.2 Å². The molecule has 0 radical (unpaired) electrons. The van der Waals surface area contributed by atoms with E-state index >= 15 is 0 Å². The Hall–Kier alpha value is -2.58. The van der Waals surface area contributed by atoms with E-state index in [4.69, 9.17) is 4.74 Å².